The number of fused-ring (bicyclic) bond motifs is 1. The molecule has 0 saturated carbocycles. The summed E-state index contributed by atoms with van der Waals surface area (Å²) in [7, 11) is 1.96. The van der Waals surface area contributed by atoms with Gasteiger partial charge in [-0.2, -0.15) is 4.52 Å². The van der Waals surface area contributed by atoms with Gasteiger partial charge < -0.3 is 9.64 Å². The molecule has 0 amide bonds. The number of nitrogens with zero attached hydrogens (tertiary/aromatic N) is 4. The third-order valence-corrected chi connectivity index (χ3v) is 4.42. The number of hydrogen-bond acceptors (Lipinski definition) is 6. The molecular weight excluding hydrogens is 312 g/mol. The second-order valence-electron chi connectivity index (χ2n) is 5.18. The zero-order valence-electron chi connectivity index (χ0n) is 12.9. The number of hydrogen-bond donors (Lipinski definition) is 0. The van der Waals surface area contributed by atoms with E-state index in [0.29, 0.717) is 18.2 Å². The fourth-order valence-electron chi connectivity index (χ4n) is 2.15. The van der Waals surface area contributed by atoms with Gasteiger partial charge in [-0.05, 0) is 12.0 Å². The van der Waals surface area contributed by atoms with Gasteiger partial charge in [-0.15, -0.1) is 5.10 Å². The van der Waals surface area contributed by atoms with Gasteiger partial charge in [0.1, 0.15) is 0 Å². The summed E-state index contributed by atoms with van der Waals surface area (Å²) in [6.45, 7) is 2.12. The van der Waals surface area contributed by atoms with Crippen molar-refractivity contribution >= 4 is 21.4 Å². The maximum absolute atomic E-state index is 11.7. The van der Waals surface area contributed by atoms with Crippen molar-refractivity contribution in [3.8, 4) is 0 Å². The highest BCUT2D eigenvalue weighted by Gasteiger charge is 2.09. The largest absolute Gasteiger partial charge is 0.377 e. The van der Waals surface area contributed by atoms with Crippen LogP contribution < -0.4 is 10.5 Å². The summed E-state index contributed by atoms with van der Waals surface area (Å²) in [5.74, 6) is 0. The van der Waals surface area contributed by atoms with Gasteiger partial charge in [0.25, 0.3) is 5.56 Å². The Morgan fingerprint density at radius 1 is 1.26 bits per heavy atom. The summed E-state index contributed by atoms with van der Waals surface area (Å²) < 4.78 is 7.01. The molecule has 2 heterocycles. The summed E-state index contributed by atoms with van der Waals surface area (Å²) in [6.07, 6.45) is 2.40. The van der Waals surface area contributed by atoms with E-state index in [1.165, 1.54) is 33.7 Å². The van der Waals surface area contributed by atoms with E-state index in [-0.39, 0.29) is 5.56 Å². The molecule has 2 aromatic heterocycles. The first-order valence-corrected chi connectivity index (χ1v) is 8.23. The Kier molecular flexibility index (Phi) is 4.99. The van der Waals surface area contributed by atoms with Gasteiger partial charge in [-0.1, -0.05) is 41.7 Å². The standard InChI is InChI=1S/C16H18N4O2S/c1-19(10-5-11-22-12-13-6-3-2-4-7-13)16-18-20-14(21)8-9-17-15(20)23-16/h2-4,6-9H,5,10-12H2,1H3. The van der Waals surface area contributed by atoms with Crippen LogP contribution in [0.4, 0.5) is 5.13 Å². The predicted octanol–water partition coefficient (Wildman–Crippen LogP) is 2.19. The van der Waals surface area contributed by atoms with Crippen molar-refractivity contribution in [2.24, 2.45) is 0 Å². The van der Waals surface area contributed by atoms with E-state index < -0.39 is 0 Å². The molecule has 3 aromatic rings. The smallest absolute Gasteiger partial charge is 0.275 e. The lowest BCUT2D eigenvalue weighted by molar-refractivity contribution is 0.119. The summed E-state index contributed by atoms with van der Waals surface area (Å²) >= 11 is 1.41. The molecule has 0 atom stereocenters. The summed E-state index contributed by atoms with van der Waals surface area (Å²) in [6, 6.07) is 11.5. The normalized spacial score (nSPS) is 11.0. The molecule has 0 aliphatic rings. The highest BCUT2D eigenvalue weighted by molar-refractivity contribution is 7.20. The van der Waals surface area contributed by atoms with Gasteiger partial charge in [-0.3, -0.25) is 4.79 Å². The Labute approximate surface area is 138 Å². The van der Waals surface area contributed by atoms with Crippen LogP contribution in [0.1, 0.15) is 12.0 Å². The van der Waals surface area contributed by atoms with Crippen molar-refractivity contribution in [2.75, 3.05) is 25.1 Å². The first-order chi connectivity index (χ1) is 11.2. The van der Waals surface area contributed by atoms with E-state index in [1.54, 1.807) is 0 Å². The Morgan fingerprint density at radius 3 is 2.87 bits per heavy atom. The lowest BCUT2D eigenvalue weighted by atomic mass is 10.2. The molecule has 6 nitrogen and oxygen atoms in total. The molecular formula is C16H18N4O2S. The lowest BCUT2D eigenvalue weighted by Crippen LogP contribution is -2.20. The maximum atomic E-state index is 11.7. The van der Waals surface area contributed by atoms with Crippen LogP contribution in [0.5, 0.6) is 0 Å². The van der Waals surface area contributed by atoms with Gasteiger partial charge in [0, 0.05) is 32.5 Å². The number of anilines is 1. The lowest BCUT2D eigenvalue weighted by Gasteiger charge is -2.14. The van der Waals surface area contributed by atoms with E-state index in [1.807, 2.05) is 30.1 Å². The Bertz CT molecular complexity index is 816. The van der Waals surface area contributed by atoms with Gasteiger partial charge in [0.15, 0.2) is 0 Å². The number of ether oxygens (including phenoxy) is 1. The monoisotopic (exact) mass is 330 g/mol. The predicted molar refractivity (Wildman–Crippen MR) is 91.1 cm³/mol. The molecule has 0 aliphatic carbocycles. The van der Waals surface area contributed by atoms with Crippen molar-refractivity contribution in [1.29, 1.82) is 0 Å². The van der Waals surface area contributed by atoms with Crippen molar-refractivity contribution in [2.45, 2.75) is 13.0 Å². The average Bonchev–Trinajstić information content (AvgIpc) is 3.01. The molecule has 3 rings (SSSR count). The first kappa shape index (κ1) is 15.6. The molecule has 0 fully saturated rings. The van der Waals surface area contributed by atoms with Crippen molar-refractivity contribution in [3.05, 3.63) is 58.5 Å². The van der Waals surface area contributed by atoms with Crippen LogP contribution in [-0.2, 0) is 11.3 Å². The molecule has 0 aliphatic heterocycles. The summed E-state index contributed by atoms with van der Waals surface area (Å²) in [4.78, 5) is 18.5. The fraction of sp³-hybridized carbons (Fsp3) is 0.312. The molecule has 0 spiro atoms. The van der Waals surface area contributed by atoms with Crippen LogP contribution in [0, 0.1) is 0 Å². The number of aromatic nitrogens is 3. The fourth-order valence-corrected chi connectivity index (χ4v) is 3.02. The van der Waals surface area contributed by atoms with Crippen LogP contribution in [-0.4, -0.2) is 34.8 Å². The van der Waals surface area contributed by atoms with Gasteiger partial charge in [0.2, 0.25) is 10.1 Å². The Morgan fingerprint density at radius 2 is 2.09 bits per heavy atom. The van der Waals surface area contributed by atoms with Crippen LogP contribution >= 0.6 is 11.3 Å². The number of rotatable bonds is 7. The van der Waals surface area contributed by atoms with E-state index in [0.717, 1.165) is 18.1 Å². The zero-order chi connectivity index (χ0) is 16.1. The summed E-state index contributed by atoms with van der Waals surface area (Å²) in [5.41, 5.74) is 1.02. The minimum atomic E-state index is -0.155. The van der Waals surface area contributed by atoms with Crippen LogP contribution in [0.25, 0.3) is 4.96 Å². The average molecular weight is 330 g/mol. The van der Waals surface area contributed by atoms with Crippen LogP contribution in [0.3, 0.4) is 0 Å². The quantitative estimate of drug-likeness (QED) is 0.622. The Balaban J connectivity index is 1.48. The highest BCUT2D eigenvalue weighted by Crippen LogP contribution is 2.19. The van der Waals surface area contributed by atoms with Gasteiger partial charge >= 0.3 is 0 Å². The highest BCUT2D eigenvalue weighted by atomic mass is 32.1. The second-order valence-corrected chi connectivity index (χ2v) is 6.11. The van der Waals surface area contributed by atoms with Crippen molar-refractivity contribution < 1.29 is 4.74 Å². The molecule has 0 saturated heterocycles. The van der Waals surface area contributed by atoms with E-state index in [4.69, 9.17) is 4.74 Å². The Hall–Kier alpha value is -2.25. The zero-order valence-corrected chi connectivity index (χ0v) is 13.7. The third kappa shape index (κ3) is 3.94. The molecule has 0 unspecified atom stereocenters. The van der Waals surface area contributed by atoms with E-state index in [9.17, 15) is 4.79 Å². The third-order valence-electron chi connectivity index (χ3n) is 3.38. The molecule has 120 valence electrons. The first-order valence-electron chi connectivity index (χ1n) is 7.42. The summed E-state index contributed by atoms with van der Waals surface area (Å²) in [5, 5.41) is 5.09. The van der Waals surface area contributed by atoms with Crippen molar-refractivity contribution in [1.82, 2.24) is 14.6 Å². The maximum Gasteiger partial charge on any atom is 0.275 e. The molecule has 7 heteroatoms. The van der Waals surface area contributed by atoms with Crippen LogP contribution in [0.15, 0.2) is 47.4 Å². The topological polar surface area (TPSA) is 59.7 Å². The minimum Gasteiger partial charge on any atom is -0.377 e. The molecule has 23 heavy (non-hydrogen) atoms. The second kappa shape index (κ2) is 7.34. The van der Waals surface area contributed by atoms with Crippen molar-refractivity contribution in [3.63, 3.8) is 0 Å². The SMILES string of the molecule is CN(CCCOCc1ccccc1)c1nn2c(=O)ccnc2s1. The van der Waals surface area contributed by atoms with E-state index >= 15 is 0 Å². The molecule has 0 radical (unpaired) electrons. The molecule has 1 aromatic carbocycles. The van der Waals surface area contributed by atoms with Gasteiger partial charge in [-0.25, -0.2) is 4.98 Å². The van der Waals surface area contributed by atoms with Gasteiger partial charge in [0.05, 0.1) is 6.61 Å². The van der Waals surface area contributed by atoms with E-state index in [2.05, 4.69) is 22.2 Å². The minimum absolute atomic E-state index is 0.155. The van der Waals surface area contributed by atoms with Crippen LogP contribution in [0.2, 0.25) is 0 Å². The number of benzene rings is 1. The molecule has 0 bridgehead atoms. The molecule has 0 N–H and O–H groups in total.